The van der Waals surface area contributed by atoms with Crippen molar-refractivity contribution >= 4 is 120 Å². The highest BCUT2D eigenvalue weighted by Crippen LogP contribution is 2.17. The number of H-pyrrole nitrogens is 1. The van der Waals surface area contributed by atoms with Gasteiger partial charge in [0.25, 0.3) is 0 Å². The average molecular weight is 1880 g/mol. The van der Waals surface area contributed by atoms with Gasteiger partial charge in [0.15, 0.2) is 17.6 Å². The van der Waals surface area contributed by atoms with E-state index in [1.165, 1.54) is 38.2 Å². The molecule has 20 aromatic rings. The summed E-state index contributed by atoms with van der Waals surface area (Å²) in [6, 6.07) is 89.7. The molecule has 0 radical (unpaired) electrons. The standard InChI is InChI=1S/2C9H7N.5C8H6N2.C8H7N.C7H5NO.C7H5NS.20C2H6/c1-2-6-9-8(4-1)5-3-7-10-9;1-2-4-9-7-10-6-5-8(9)3-1;1-3-7-4-2-6-10-8(7)9-5-1;1-2-4-8-7(3-1)5-9-6-10-8;1-2-4-8-6-10-9-5-7(8)3-1;1-2-4-8-7(3-1)9-5-6-10-8;1-2-4-8-7(3-1)5-6-9-10-8;1-2-4-8-7(3-1)5-6-9-8;2*1-2-4-7-6(3-1)8-5-9-7;20*1-2/h2*1-7H;5*1-6H;1-6,9H;2*1-5H;20*1-2H3. The van der Waals surface area contributed by atoms with Crippen molar-refractivity contribution in [2.45, 2.75) is 277 Å². The van der Waals surface area contributed by atoms with E-state index in [0.29, 0.717) is 0 Å². The van der Waals surface area contributed by atoms with Crippen LogP contribution in [0.3, 0.4) is 0 Å². The molecule has 0 aliphatic heterocycles. The third kappa shape index (κ3) is 66.6. The third-order valence-electron chi connectivity index (χ3n) is 14.0. The first kappa shape index (κ1) is 144. The van der Waals surface area contributed by atoms with Crippen LogP contribution in [0.2, 0.25) is 0 Å². The fourth-order valence-corrected chi connectivity index (χ4v) is 9.93. The maximum Gasteiger partial charge on any atom is 0.181 e. The van der Waals surface area contributed by atoms with E-state index in [1.807, 2.05) is 538 Å². The van der Waals surface area contributed by atoms with Gasteiger partial charge >= 0.3 is 0 Å². The lowest BCUT2D eigenvalue weighted by atomic mass is 10.2. The molecule has 20 rings (SSSR count). The minimum Gasteiger partial charge on any atom is -0.443 e. The molecule has 0 bridgehead atoms. The molecular formula is C120H181N15OS. The summed E-state index contributed by atoms with van der Waals surface area (Å²) in [6.45, 7) is 80.0. The summed E-state index contributed by atoms with van der Waals surface area (Å²) < 4.78 is 6.27. The van der Waals surface area contributed by atoms with Gasteiger partial charge in [0.05, 0.1) is 61.9 Å². The molecule has 137 heavy (non-hydrogen) atoms. The first-order valence-corrected chi connectivity index (χ1v) is 51.5. The van der Waals surface area contributed by atoms with Gasteiger partial charge in [-0.1, -0.05) is 441 Å². The molecule has 0 saturated carbocycles. The van der Waals surface area contributed by atoms with Crippen LogP contribution in [0.4, 0.5) is 0 Å². The van der Waals surface area contributed by atoms with Gasteiger partial charge in [-0.3, -0.25) is 19.9 Å². The van der Waals surface area contributed by atoms with Crippen molar-refractivity contribution in [2.75, 3.05) is 0 Å². The van der Waals surface area contributed by atoms with E-state index < -0.39 is 0 Å². The summed E-state index contributed by atoms with van der Waals surface area (Å²) in [5.41, 5.74) is 11.6. The number of rotatable bonds is 0. The van der Waals surface area contributed by atoms with Crippen LogP contribution in [0.15, 0.2) is 370 Å². The number of aromatic nitrogens is 15. The highest BCUT2D eigenvalue weighted by atomic mass is 32.1. The summed E-state index contributed by atoms with van der Waals surface area (Å²) in [4.78, 5) is 43.8. The second kappa shape index (κ2) is 119. The summed E-state index contributed by atoms with van der Waals surface area (Å²) in [6.07, 6.45) is 24.3. The molecule has 1 N–H and O–H groups in total. The number of nitrogens with one attached hydrogen (secondary N) is 1. The summed E-state index contributed by atoms with van der Waals surface area (Å²) in [7, 11) is 0. The Morgan fingerprint density at radius 1 is 0.212 bits per heavy atom. The van der Waals surface area contributed by atoms with Crippen molar-refractivity contribution < 1.29 is 4.42 Å². The minimum absolute atomic E-state index is 0.810. The van der Waals surface area contributed by atoms with Crippen LogP contribution in [0.5, 0.6) is 0 Å². The van der Waals surface area contributed by atoms with Gasteiger partial charge in [0.1, 0.15) is 11.8 Å². The molecule has 0 aliphatic carbocycles. The largest absolute Gasteiger partial charge is 0.443 e. The monoisotopic (exact) mass is 1880 g/mol. The molecule has 17 heteroatoms. The SMILES string of the molecule is CC.CC.CC.CC.CC.CC.CC.CC.CC.CC.CC.CC.CC.CC.CC.CC.CC.CC.CC.CC.c1ccc2[nH]ccc2c1.c1ccc2cnccc2c1.c1ccc2cnncc2c1.c1ccc2ncccc2c1.c1ccc2nccnc2c1.c1ccc2ncncc2c1.c1ccc2nnccc2c1.c1ccc2ocnc2c1.c1ccc2scnc2c1.c1cnc2ncccc2c1. The number of hydrogen-bond donors (Lipinski definition) is 1. The number of benzene rings is 9. The Morgan fingerprint density at radius 3 is 0.993 bits per heavy atom. The van der Waals surface area contributed by atoms with Gasteiger partial charge in [-0.2, -0.15) is 20.4 Å². The van der Waals surface area contributed by atoms with E-state index in [2.05, 4.69) is 124 Å². The molecular weight excluding hydrogens is 1700 g/mol. The number of para-hydroxylation sites is 8. The zero-order valence-corrected chi connectivity index (χ0v) is 93.0. The zero-order valence-electron chi connectivity index (χ0n) is 92.2. The van der Waals surface area contributed by atoms with Crippen molar-refractivity contribution in [1.82, 2.24) is 75.2 Å². The van der Waals surface area contributed by atoms with E-state index in [4.69, 9.17) is 4.42 Å². The first-order chi connectivity index (χ1) is 68.2. The van der Waals surface area contributed by atoms with Gasteiger partial charge in [-0.15, -0.1) is 11.3 Å². The van der Waals surface area contributed by atoms with Crippen molar-refractivity contribution in [3.63, 3.8) is 0 Å². The van der Waals surface area contributed by atoms with Crippen molar-refractivity contribution in [1.29, 1.82) is 0 Å². The predicted molar refractivity (Wildman–Crippen MR) is 620 cm³/mol. The van der Waals surface area contributed by atoms with E-state index in [0.717, 1.165) is 76.8 Å². The number of pyridine rings is 4. The van der Waals surface area contributed by atoms with Crippen molar-refractivity contribution in [3.05, 3.63) is 366 Å². The second-order valence-corrected chi connectivity index (χ2v) is 21.4. The van der Waals surface area contributed by atoms with Crippen LogP contribution < -0.4 is 0 Å². The molecule has 0 aliphatic rings. The van der Waals surface area contributed by atoms with E-state index in [1.54, 1.807) is 61.0 Å². The quantitative estimate of drug-likeness (QED) is 0.150. The Labute approximate surface area is 836 Å². The molecule has 0 spiro atoms. The number of fused-ring (bicyclic) bond motifs is 10. The Morgan fingerprint density at radius 2 is 0.555 bits per heavy atom. The molecule has 0 saturated heterocycles. The maximum absolute atomic E-state index is 5.01. The molecule has 0 unspecified atom stereocenters. The highest BCUT2D eigenvalue weighted by Gasteiger charge is 1.96. The molecule has 0 atom stereocenters. The third-order valence-corrected chi connectivity index (χ3v) is 14.9. The smallest absolute Gasteiger partial charge is 0.181 e. The number of oxazole rings is 1. The number of aromatic amines is 1. The van der Waals surface area contributed by atoms with Crippen LogP contribution in [0, 0.1) is 0 Å². The van der Waals surface area contributed by atoms with Crippen LogP contribution in [-0.4, -0.2) is 75.2 Å². The van der Waals surface area contributed by atoms with E-state index in [9.17, 15) is 0 Å². The molecule has 9 aromatic carbocycles. The van der Waals surface area contributed by atoms with Gasteiger partial charge in [0.2, 0.25) is 0 Å². The molecule has 0 fully saturated rings. The predicted octanol–water partition coefficient (Wildman–Crippen LogP) is 39.4. The summed E-state index contributed by atoms with van der Waals surface area (Å²) in [5.74, 6) is 0. The van der Waals surface area contributed by atoms with E-state index in [-0.39, 0.29) is 0 Å². The lowest BCUT2D eigenvalue weighted by Crippen LogP contribution is -1.79. The molecule has 0 amide bonds. The van der Waals surface area contributed by atoms with Crippen LogP contribution >= 0.6 is 11.3 Å². The molecule has 748 valence electrons. The van der Waals surface area contributed by atoms with Gasteiger partial charge in [0, 0.05) is 93.6 Å². The van der Waals surface area contributed by atoms with E-state index >= 15 is 0 Å². The Balaban J connectivity index is -0.000000157. The van der Waals surface area contributed by atoms with Crippen LogP contribution in [-0.2, 0) is 0 Å². The topological polar surface area (TPSA) is 209 Å². The minimum atomic E-state index is 0.810. The lowest BCUT2D eigenvalue weighted by molar-refractivity contribution is 0.602. The second-order valence-electron chi connectivity index (χ2n) is 20.5. The maximum atomic E-state index is 5.01. The van der Waals surface area contributed by atoms with Gasteiger partial charge < -0.3 is 9.40 Å². The number of nitrogens with zero attached hydrogens (tertiary/aromatic N) is 14. The molecule has 11 aromatic heterocycles. The zero-order chi connectivity index (χ0) is 106. The van der Waals surface area contributed by atoms with Gasteiger partial charge in [-0.05, 0) is 125 Å². The number of hydrogen-bond acceptors (Lipinski definition) is 16. The summed E-state index contributed by atoms with van der Waals surface area (Å²) in [5, 5.41) is 25.7. The fourth-order valence-electron chi connectivity index (χ4n) is 9.25. The number of thiazole rings is 1. The normalized spacial score (nSPS) is 8.00. The Bertz CT molecular complexity index is 4260. The van der Waals surface area contributed by atoms with Gasteiger partial charge in [-0.25, -0.2) is 29.9 Å². The highest BCUT2D eigenvalue weighted by molar-refractivity contribution is 7.16. The van der Waals surface area contributed by atoms with Crippen LogP contribution in [0.25, 0.3) is 109 Å². The lowest BCUT2D eigenvalue weighted by Gasteiger charge is -1.91. The average Bonchev–Trinajstić information content (AvgIpc) is 1.58. The first-order valence-electron chi connectivity index (χ1n) is 50.6. The van der Waals surface area contributed by atoms with Crippen molar-refractivity contribution in [2.24, 2.45) is 0 Å². The fraction of sp³-hybridized carbons (Fsp3) is 0.333. The molecule has 16 nitrogen and oxygen atoms in total. The Hall–Kier alpha value is -13.4. The van der Waals surface area contributed by atoms with Crippen LogP contribution in [0.1, 0.15) is 277 Å². The molecule has 11 heterocycles. The Kier molecular flexibility index (Phi) is 125. The van der Waals surface area contributed by atoms with Crippen molar-refractivity contribution in [3.8, 4) is 0 Å². The summed E-state index contributed by atoms with van der Waals surface area (Å²) >= 11 is 1.68.